The Hall–Kier alpha value is -1.51. The summed E-state index contributed by atoms with van der Waals surface area (Å²) in [6.07, 6.45) is 4.86. The van der Waals surface area contributed by atoms with Crippen LogP contribution in [0.5, 0.6) is 0 Å². The van der Waals surface area contributed by atoms with Crippen molar-refractivity contribution in [2.24, 2.45) is 4.99 Å². The van der Waals surface area contributed by atoms with E-state index >= 15 is 0 Å². The Bertz CT molecular complexity index is 836. The Morgan fingerprint density at radius 3 is 2.68 bits per heavy atom. The summed E-state index contributed by atoms with van der Waals surface area (Å²) < 4.78 is 27.0. The zero-order chi connectivity index (χ0) is 22.0. The number of rotatable bonds is 10. The molecule has 1 unspecified atom stereocenters. The van der Waals surface area contributed by atoms with Crippen molar-refractivity contribution in [2.45, 2.75) is 43.5 Å². The van der Waals surface area contributed by atoms with Crippen LogP contribution in [0.1, 0.15) is 32.6 Å². The van der Waals surface area contributed by atoms with Gasteiger partial charge in [-0.15, -0.1) is 24.0 Å². The Morgan fingerprint density at radius 1 is 1.26 bits per heavy atom. The van der Waals surface area contributed by atoms with Gasteiger partial charge in [0.2, 0.25) is 10.0 Å². The van der Waals surface area contributed by atoms with E-state index in [0.717, 1.165) is 25.6 Å². The number of hydrogen-bond acceptors (Lipinski definition) is 6. The van der Waals surface area contributed by atoms with Gasteiger partial charge < -0.3 is 15.5 Å². The standard InChI is InChI=1S/C19H32N6O4S.HI/c1-16-7-3-4-13-24(16)14-6-10-21-19(20-2)22-11-12-23-30(28,29)18-9-5-8-17(15-18)25(26)27;/h5,8-9,15-16,23H,3-4,6-7,10-14H2,1-2H3,(H2,20,21,22);1H. The minimum Gasteiger partial charge on any atom is -0.356 e. The van der Waals surface area contributed by atoms with Gasteiger partial charge in [-0.05, 0) is 38.8 Å². The molecule has 0 spiro atoms. The Kier molecular flexibility index (Phi) is 12.3. The molecule has 1 aromatic rings. The molecule has 176 valence electrons. The number of sulfonamides is 1. The average molecular weight is 568 g/mol. The van der Waals surface area contributed by atoms with Crippen LogP contribution in [0.3, 0.4) is 0 Å². The third-order valence-corrected chi connectivity index (χ3v) is 6.59. The van der Waals surface area contributed by atoms with E-state index in [1.807, 2.05) is 0 Å². The van der Waals surface area contributed by atoms with Crippen LogP contribution in [0.15, 0.2) is 34.2 Å². The van der Waals surface area contributed by atoms with E-state index in [-0.39, 0.29) is 41.1 Å². The number of nitrogens with zero attached hydrogens (tertiary/aromatic N) is 3. The first-order valence-electron chi connectivity index (χ1n) is 10.3. The highest BCUT2D eigenvalue weighted by molar-refractivity contribution is 14.0. The van der Waals surface area contributed by atoms with Crippen LogP contribution in [0, 0.1) is 10.1 Å². The molecule has 1 fully saturated rings. The summed E-state index contributed by atoms with van der Waals surface area (Å²) in [6, 6.07) is 5.62. The molecular formula is C19H33IN6O4S. The predicted octanol–water partition coefficient (Wildman–Crippen LogP) is 1.92. The van der Waals surface area contributed by atoms with Gasteiger partial charge in [0.1, 0.15) is 0 Å². The van der Waals surface area contributed by atoms with Gasteiger partial charge in [-0.1, -0.05) is 12.5 Å². The van der Waals surface area contributed by atoms with Crippen molar-refractivity contribution in [3.05, 3.63) is 34.4 Å². The summed E-state index contributed by atoms with van der Waals surface area (Å²) in [5.41, 5.74) is -0.264. The van der Waals surface area contributed by atoms with E-state index in [0.29, 0.717) is 18.5 Å². The van der Waals surface area contributed by atoms with Crippen LogP contribution in [-0.4, -0.2) is 70.0 Å². The first kappa shape index (κ1) is 27.5. The molecule has 0 radical (unpaired) electrons. The van der Waals surface area contributed by atoms with E-state index in [2.05, 4.69) is 32.2 Å². The molecular weight excluding hydrogens is 535 g/mol. The fraction of sp³-hybridized carbons (Fsp3) is 0.632. The van der Waals surface area contributed by atoms with Gasteiger partial charge in [-0.25, -0.2) is 13.1 Å². The number of hydrogen-bond donors (Lipinski definition) is 3. The number of benzene rings is 1. The van der Waals surface area contributed by atoms with Crippen LogP contribution in [0.4, 0.5) is 5.69 Å². The number of aliphatic imine (C=N–C) groups is 1. The lowest BCUT2D eigenvalue weighted by atomic mass is 10.0. The zero-order valence-electron chi connectivity index (χ0n) is 18.0. The lowest BCUT2D eigenvalue weighted by Gasteiger charge is -2.33. The van der Waals surface area contributed by atoms with E-state index in [9.17, 15) is 18.5 Å². The molecule has 10 nitrogen and oxygen atoms in total. The number of halogens is 1. The Labute approximate surface area is 201 Å². The van der Waals surface area contributed by atoms with Gasteiger partial charge in [0.25, 0.3) is 5.69 Å². The number of non-ortho nitro benzene ring substituents is 1. The minimum absolute atomic E-state index is 0. The van der Waals surface area contributed by atoms with Gasteiger partial charge in [0, 0.05) is 51.4 Å². The van der Waals surface area contributed by atoms with Crippen molar-refractivity contribution in [2.75, 3.05) is 39.8 Å². The van der Waals surface area contributed by atoms with Crippen LogP contribution >= 0.6 is 24.0 Å². The number of nitro benzene ring substituents is 1. The molecule has 0 bridgehead atoms. The van der Waals surface area contributed by atoms with Gasteiger partial charge in [-0.2, -0.15) is 0 Å². The van der Waals surface area contributed by atoms with Crippen LogP contribution in [-0.2, 0) is 10.0 Å². The molecule has 1 heterocycles. The second kappa shape index (κ2) is 13.8. The largest absolute Gasteiger partial charge is 0.356 e. The van der Waals surface area contributed by atoms with E-state index in [1.54, 1.807) is 7.05 Å². The molecule has 31 heavy (non-hydrogen) atoms. The quantitative estimate of drug-likeness (QED) is 0.0983. The van der Waals surface area contributed by atoms with Crippen LogP contribution in [0.25, 0.3) is 0 Å². The molecule has 1 aliphatic heterocycles. The minimum atomic E-state index is -3.82. The third kappa shape index (κ3) is 9.25. The highest BCUT2D eigenvalue weighted by Crippen LogP contribution is 2.17. The molecule has 2 rings (SSSR count). The summed E-state index contributed by atoms with van der Waals surface area (Å²) in [5.74, 6) is 0.608. The number of piperidine rings is 1. The highest BCUT2D eigenvalue weighted by atomic mass is 127. The van der Waals surface area contributed by atoms with Gasteiger partial charge in [-0.3, -0.25) is 15.1 Å². The Balaban J connectivity index is 0.00000480. The molecule has 0 aromatic heterocycles. The van der Waals surface area contributed by atoms with Crippen molar-refractivity contribution < 1.29 is 13.3 Å². The Morgan fingerprint density at radius 2 is 2.00 bits per heavy atom. The lowest BCUT2D eigenvalue weighted by molar-refractivity contribution is -0.385. The molecule has 0 saturated carbocycles. The summed E-state index contributed by atoms with van der Waals surface area (Å²) in [6.45, 7) is 5.73. The summed E-state index contributed by atoms with van der Waals surface area (Å²) >= 11 is 0. The van der Waals surface area contributed by atoms with E-state index in [4.69, 9.17) is 0 Å². The van der Waals surface area contributed by atoms with Crippen LogP contribution < -0.4 is 15.4 Å². The van der Waals surface area contributed by atoms with Crippen molar-refractivity contribution in [1.29, 1.82) is 0 Å². The monoisotopic (exact) mass is 568 g/mol. The maximum atomic E-state index is 12.3. The second-order valence-corrected chi connectivity index (χ2v) is 9.08. The van der Waals surface area contributed by atoms with Gasteiger partial charge in [0.15, 0.2) is 5.96 Å². The molecule has 1 aromatic carbocycles. The summed E-state index contributed by atoms with van der Waals surface area (Å²) in [4.78, 5) is 16.7. The van der Waals surface area contributed by atoms with Gasteiger partial charge >= 0.3 is 0 Å². The average Bonchev–Trinajstić information content (AvgIpc) is 2.73. The SMILES string of the molecule is CN=C(NCCCN1CCCCC1C)NCCNS(=O)(=O)c1cccc([N+](=O)[O-])c1.I. The fourth-order valence-corrected chi connectivity index (χ4v) is 4.48. The summed E-state index contributed by atoms with van der Waals surface area (Å²) in [5, 5.41) is 17.1. The number of likely N-dealkylation sites (tertiary alicyclic amines) is 1. The van der Waals surface area contributed by atoms with Crippen molar-refractivity contribution in [3.8, 4) is 0 Å². The molecule has 1 atom stereocenters. The van der Waals surface area contributed by atoms with Crippen molar-refractivity contribution >= 4 is 45.6 Å². The van der Waals surface area contributed by atoms with E-state index in [1.165, 1.54) is 44.0 Å². The molecule has 0 amide bonds. The first-order chi connectivity index (χ1) is 14.3. The predicted molar refractivity (Wildman–Crippen MR) is 133 cm³/mol. The number of guanidine groups is 1. The second-order valence-electron chi connectivity index (χ2n) is 7.31. The van der Waals surface area contributed by atoms with Crippen molar-refractivity contribution in [1.82, 2.24) is 20.3 Å². The molecule has 1 saturated heterocycles. The normalized spacial score (nSPS) is 17.6. The maximum Gasteiger partial charge on any atom is 0.270 e. The maximum absolute atomic E-state index is 12.3. The van der Waals surface area contributed by atoms with Gasteiger partial charge in [0.05, 0.1) is 9.82 Å². The zero-order valence-corrected chi connectivity index (χ0v) is 21.2. The number of nitro groups is 1. The highest BCUT2D eigenvalue weighted by Gasteiger charge is 2.18. The third-order valence-electron chi connectivity index (χ3n) is 5.13. The molecule has 12 heteroatoms. The lowest BCUT2D eigenvalue weighted by Crippen LogP contribution is -2.43. The molecule has 1 aliphatic rings. The smallest absolute Gasteiger partial charge is 0.270 e. The number of nitrogens with one attached hydrogen (secondary N) is 3. The van der Waals surface area contributed by atoms with Crippen LogP contribution in [0.2, 0.25) is 0 Å². The van der Waals surface area contributed by atoms with Crippen molar-refractivity contribution in [3.63, 3.8) is 0 Å². The fourth-order valence-electron chi connectivity index (χ4n) is 3.41. The molecule has 3 N–H and O–H groups in total. The molecule has 0 aliphatic carbocycles. The van der Waals surface area contributed by atoms with E-state index < -0.39 is 14.9 Å². The summed E-state index contributed by atoms with van der Waals surface area (Å²) in [7, 11) is -2.16. The first-order valence-corrected chi connectivity index (χ1v) is 11.7. The topological polar surface area (TPSA) is 129 Å².